The predicted molar refractivity (Wildman–Crippen MR) is 56.9 cm³/mol. The summed E-state index contributed by atoms with van der Waals surface area (Å²) >= 11 is 7.13. The van der Waals surface area contributed by atoms with Crippen molar-refractivity contribution in [3.8, 4) is 0 Å². The van der Waals surface area contributed by atoms with Crippen molar-refractivity contribution in [2.45, 2.75) is 17.1 Å². The van der Waals surface area contributed by atoms with Gasteiger partial charge < -0.3 is 4.57 Å². The molecule has 0 aliphatic heterocycles. The van der Waals surface area contributed by atoms with Crippen molar-refractivity contribution in [1.29, 1.82) is 0 Å². The number of hydrogen-bond acceptors (Lipinski definition) is 5. The predicted octanol–water partition coefficient (Wildman–Crippen LogP) is 1.72. The van der Waals surface area contributed by atoms with Gasteiger partial charge in [0.05, 0.1) is 0 Å². The van der Waals surface area contributed by atoms with Gasteiger partial charge in [-0.3, -0.25) is 0 Å². The summed E-state index contributed by atoms with van der Waals surface area (Å²) in [6.45, 7) is 1.93. The van der Waals surface area contributed by atoms with Crippen molar-refractivity contribution < 1.29 is 0 Å². The first-order valence-electron chi connectivity index (χ1n) is 4.18. The molecule has 0 saturated heterocycles. The Morgan fingerprint density at radius 2 is 2.27 bits per heavy atom. The van der Waals surface area contributed by atoms with Gasteiger partial charge in [0.2, 0.25) is 5.28 Å². The van der Waals surface area contributed by atoms with Gasteiger partial charge in [-0.05, 0) is 30.3 Å². The number of rotatable bonds is 2. The molecule has 0 unspecified atom stereocenters. The topological polar surface area (TPSA) is 56.5 Å². The summed E-state index contributed by atoms with van der Waals surface area (Å²) in [7, 11) is 1.88. The lowest BCUT2D eigenvalue weighted by molar-refractivity contribution is 0.786. The maximum atomic E-state index is 5.72. The van der Waals surface area contributed by atoms with Crippen LogP contribution in [0.15, 0.2) is 22.7 Å². The molecule has 5 nitrogen and oxygen atoms in total. The number of aryl methyl sites for hydroxylation is 2. The molecule has 0 aromatic carbocycles. The van der Waals surface area contributed by atoms with Crippen molar-refractivity contribution in [3.05, 3.63) is 23.4 Å². The third-order valence-electron chi connectivity index (χ3n) is 1.75. The lowest BCUT2D eigenvalue weighted by Crippen LogP contribution is -1.93. The molecular weight excluding hydrogens is 234 g/mol. The summed E-state index contributed by atoms with van der Waals surface area (Å²) in [5.41, 5.74) is 0.965. The lowest BCUT2D eigenvalue weighted by Gasteiger charge is -2.02. The number of hydrogen-bond donors (Lipinski definition) is 0. The molecule has 0 atom stereocenters. The summed E-state index contributed by atoms with van der Waals surface area (Å²) in [4.78, 5) is 8.01. The van der Waals surface area contributed by atoms with E-state index >= 15 is 0 Å². The first-order valence-corrected chi connectivity index (χ1v) is 5.37. The summed E-state index contributed by atoms with van der Waals surface area (Å²) < 4.78 is 1.82. The van der Waals surface area contributed by atoms with Crippen molar-refractivity contribution in [2.24, 2.45) is 7.05 Å². The molecule has 7 heteroatoms. The molecule has 15 heavy (non-hydrogen) atoms. The van der Waals surface area contributed by atoms with E-state index in [1.165, 1.54) is 11.8 Å². The highest BCUT2D eigenvalue weighted by Crippen LogP contribution is 2.26. The molecule has 2 aromatic rings. The molecule has 0 aliphatic carbocycles. The monoisotopic (exact) mass is 241 g/mol. The molecule has 0 N–H and O–H groups in total. The fourth-order valence-corrected chi connectivity index (χ4v) is 1.94. The maximum absolute atomic E-state index is 5.72. The second kappa shape index (κ2) is 4.16. The molecule has 2 rings (SSSR count). The van der Waals surface area contributed by atoms with E-state index in [1.807, 2.05) is 18.5 Å². The highest BCUT2D eigenvalue weighted by molar-refractivity contribution is 7.99. The van der Waals surface area contributed by atoms with Crippen LogP contribution in [0.3, 0.4) is 0 Å². The van der Waals surface area contributed by atoms with Crippen LogP contribution in [0, 0.1) is 6.92 Å². The molecule has 2 heterocycles. The maximum Gasteiger partial charge on any atom is 0.223 e. The van der Waals surface area contributed by atoms with Gasteiger partial charge in [0.1, 0.15) is 11.4 Å². The zero-order valence-corrected chi connectivity index (χ0v) is 9.75. The quantitative estimate of drug-likeness (QED) is 0.592. The van der Waals surface area contributed by atoms with Crippen molar-refractivity contribution in [2.75, 3.05) is 0 Å². The first-order chi connectivity index (χ1) is 7.16. The highest BCUT2D eigenvalue weighted by Gasteiger charge is 2.08. The minimum atomic E-state index is 0.241. The van der Waals surface area contributed by atoms with Crippen LogP contribution in [-0.2, 0) is 7.05 Å². The minimum Gasteiger partial charge on any atom is -0.311 e. The molecule has 0 aliphatic rings. The van der Waals surface area contributed by atoms with Crippen molar-refractivity contribution >= 4 is 23.4 Å². The first kappa shape index (κ1) is 10.4. The van der Waals surface area contributed by atoms with Crippen molar-refractivity contribution in [1.82, 2.24) is 24.7 Å². The number of halogens is 1. The standard InChI is InChI=1S/C8H8ClN5S/c1-5-3-10-7(9)12-6(5)15-8-13-11-4-14(8)2/h3-4H,1-2H3. The molecule has 0 saturated carbocycles. The average molecular weight is 242 g/mol. The third kappa shape index (κ3) is 2.27. The Morgan fingerprint density at radius 3 is 2.93 bits per heavy atom. The van der Waals surface area contributed by atoms with Crippen molar-refractivity contribution in [3.63, 3.8) is 0 Å². The van der Waals surface area contributed by atoms with Gasteiger partial charge in [-0.25, -0.2) is 9.97 Å². The van der Waals surface area contributed by atoms with E-state index in [-0.39, 0.29) is 5.28 Å². The van der Waals surface area contributed by atoms with Gasteiger partial charge in [0.25, 0.3) is 0 Å². The van der Waals surface area contributed by atoms with Gasteiger partial charge in [0, 0.05) is 18.8 Å². The van der Waals surface area contributed by atoms with E-state index in [0.29, 0.717) is 0 Å². The van der Waals surface area contributed by atoms with E-state index in [9.17, 15) is 0 Å². The smallest absolute Gasteiger partial charge is 0.223 e. The fraction of sp³-hybridized carbons (Fsp3) is 0.250. The van der Waals surface area contributed by atoms with Gasteiger partial charge in [-0.1, -0.05) is 0 Å². The molecule has 0 amide bonds. The largest absolute Gasteiger partial charge is 0.311 e. The highest BCUT2D eigenvalue weighted by atomic mass is 35.5. The van der Waals surface area contributed by atoms with Crippen LogP contribution >= 0.6 is 23.4 Å². The number of aromatic nitrogens is 5. The Kier molecular flexibility index (Phi) is 2.88. The van der Waals surface area contributed by atoms with Crippen LogP contribution in [0.1, 0.15) is 5.56 Å². The average Bonchev–Trinajstić information content (AvgIpc) is 2.58. The summed E-state index contributed by atoms with van der Waals surface area (Å²) in [5.74, 6) is 0. The minimum absolute atomic E-state index is 0.241. The van der Waals surface area contributed by atoms with Gasteiger partial charge in [0.15, 0.2) is 5.16 Å². The van der Waals surface area contributed by atoms with Crippen LogP contribution in [-0.4, -0.2) is 24.7 Å². The van der Waals surface area contributed by atoms with E-state index in [1.54, 1.807) is 12.5 Å². The zero-order valence-electron chi connectivity index (χ0n) is 8.18. The van der Waals surface area contributed by atoms with E-state index < -0.39 is 0 Å². The Hall–Kier alpha value is -1.14. The molecule has 0 bridgehead atoms. The van der Waals surface area contributed by atoms with Crippen LogP contribution < -0.4 is 0 Å². The Balaban J connectivity index is 2.32. The Morgan fingerprint density at radius 1 is 1.47 bits per heavy atom. The second-order valence-electron chi connectivity index (χ2n) is 2.95. The number of nitrogens with zero attached hydrogens (tertiary/aromatic N) is 5. The molecular formula is C8H8ClN5S. The molecule has 0 fully saturated rings. The Labute approximate surface area is 95.9 Å². The van der Waals surface area contributed by atoms with Crippen LogP contribution in [0.25, 0.3) is 0 Å². The normalized spacial score (nSPS) is 10.6. The molecule has 2 aromatic heterocycles. The summed E-state index contributed by atoms with van der Waals surface area (Å²) in [6, 6.07) is 0. The third-order valence-corrected chi connectivity index (χ3v) is 3.09. The summed E-state index contributed by atoms with van der Waals surface area (Å²) in [6.07, 6.45) is 3.33. The molecule has 0 spiro atoms. The van der Waals surface area contributed by atoms with Crippen LogP contribution in [0.4, 0.5) is 0 Å². The molecule has 0 radical (unpaired) electrons. The van der Waals surface area contributed by atoms with E-state index in [0.717, 1.165) is 15.7 Å². The lowest BCUT2D eigenvalue weighted by atomic mass is 10.4. The second-order valence-corrected chi connectivity index (χ2v) is 4.25. The van der Waals surface area contributed by atoms with E-state index in [4.69, 9.17) is 11.6 Å². The SMILES string of the molecule is Cc1cnc(Cl)nc1Sc1nncn1C. The fourth-order valence-electron chi connectivity index (χ4n) is 0.961. The Bertz CT molecular complexity index is 484. The zero-order chi connectivity index (χ0) is 10.8. The summed E-state index contributed by atoms with van der Waals surface area (Å²) in [5, 5.41) is 9.55. The van der Waals surface area contributed by atoms with E-state index in [2.05, 4.69) is 20.2 Å². The van der Waals surface area contributed by atoms with Crippen LogP contribution in [0.5, 0.6) is 0 Å². The van der Waals surface area contributed by atoms with Gasteiger partial charge in [-0.15, -0.1) is 10.2 Å². The van der Waals surface area contributed by atoms with Crippen LogP contribution in [0.2, 0.25) is 5.28 Å². The van der Waals surface area contributed by atoms with Gasteiger partial charge in [-0.2, -0.15) is 0 Å². The van der Waals surface area contributed by atoms with Gasteiger partial charge >= 0.3 is 0 Å². The molecule has 78 valence electrons.